The predicted molar refractivity (Wildman–Crippen MR) is 117 cm³/mol. The van der Waals surface area contributed by atoms with Crippen molar-refractivity contribution >= 4 is 0 Å². The summed E-state index contributed by atoms with van der Waals surface area (Å²) in [5.74, 6) is 2.42. The molecule has 6 heteroatoms. The van der Waals surface area contributed by atoms with E-state index in [1.54, 1.807) is 14.2 Å². The Morgan fingerprint density at radius 1 is 0.933 bits per heavy atom. The highest BCUT2D eigenvalue weighted by Crippen LogP contribution is 2.29. The average molecular weight is 408 g/mol. The van der Waals surface area contributed by atoms with Crippen molar-refractivity contribution in [1.29, 1.82) is 0 Å². The summed E-state index contributed by atoms with van der Waals surface area (Å²) in [6.45, 7) is 6.38. The number of hydrogen-bond acceptors (Lipinski definition) is 5. The third kappa shape index (κ3) is 4.44. The number of hydrogen-bond donors (Lipinski definition) is 0. The van der Waals surface area contributed by atoms with Gasteiger partial charge >= 0.3 is 0 Å². The highest BCUT2D eigenvalue weighted by molar-refractivity contribution is 5.60. The lowest BCUT2D eigenvalue weighted by Gasteiger charge is -2.20. The molecule has 0 amide bonds. The summed E-state index contributed by atoms with van der Waals surface area (Å²) < 4.78 is 18.5. The summed E-state index contributed by atoms with van der Waals surface area (Å²) in [6, 6.07) is 16.5. The molecule has 2 heterocycles. The zero-order valence-corrected chi connectivity index (χ0v) is 17.9. The van der Waals surface area contributed by atoms with Gasteiger partial charge in [-0.15, -0.1) is 0 Å². The zero-order valence-electron chi connectivity index (χ0n) is 17.9. The fourth-order valence-electron chi connectivity index (χ4n) is 3.93. The van der Waals surface area contributed by atoms with Gasteiger partial charge in [0.15, 0.2) is 11.5 Å². The van der Waals surface area contributed by atoms with E-state index in [2.05, 4.69) is 39.9 Å². The Kier molecular flexibility index (Phi) is 6.23. The lowest BCUT2D eigenvalue weighted by Crippen LogP contribution is -2.22. The van der Waals surface area contributed by atoms with Gasteiger partial charge < -0.3 is 14.2 Å². The predicted octanol–water partition coefficient (Wildman–Crippen LogP) is 4.37. The number of ether oxygens (including phenoxy) is 3. The van der Waals surface area contributed by atoms with E-state index in [-0.39, 0.29) is 0 Å². The van der Waals surface area contributed by atoms with Crippen molar-refractivity contribution in [3.05, 3.63) is 59.8 Å². The molecule has 2 aromatic carbocycles. The summed E-state index contributed by atoms with van der Waals surface area (Å²) in [6.07, 6.45) is 1.07. The number of aromatic nitrogens is 2. The molecule has 3 aromatic rings. The quantitative estimate of drug-likeness (QED) is 0.582. The molecule has 0 atom stereocenters. The largest absolute Gasteiger partial charge is 0.494 e. The van der Waals surface area contributed by atoms with Crippen LogP contribution in [0.5, 0.6) is 17.2 Å². The van der Waals surface area contributed by atoms with Gasteiger partial charge in [-0.3, -0.25) is 9.58 Å². The number of rotatable bonds is 7. The first-order valence-electron chi connectivity index (χ1n) is 10.4. The summed E-state index contributed by atoms with van der Waals surface area (Å²) in [5, 5.41) is 4.86. The maximum atomic E-state index is 5.55. The number of fused-ring (bicyclic) bond motifs is 1. The van der Waals surface area contributed by atoms with Gasteiger partial charge in [0.2, 0.25) is 0 Å². The Morgan fingerprint density at radius 3 is 2.47 bits per heavy atom. The van der Waals surface area contributed by atoms with E-state index < -0.39 is 0 Å². The van der Waals surface area contributed by atoms with Crippen molar-refractivity contribution in [2.24, 2.45) is 0 Å². The van der Waals surface area contributed by atoms with Crippen LogP contribution in [0.2, 0.25) is 0 Å². The molecule has 0 spiro atoms. The van der Waals surface area contributed by atoms with E-state index in [4.69, 9.17) is 19.3 Å². The Balaban J connectivity index is 1.49. The number of aryl methyl sites for hydroxylation is 1. The van der Waals surface area contributed by atoms with Crippen molar-refractivity contribution < 1.29 is 14.2 Å². The first-order chi connectivity index (χ1) is 14.7. The van der Waals surface area contributed by atoms with Crippen LogP contribution in [0.1, 0.15) is 24.6 Å². The van der Waals surface area contributed by atoms with Crippen LogP contribution in [0.25, 0.3) is 11.3 Å². The molecule has 1 aromatic heterocycles. The summed E-state index contributed by atoms with van der Waals surface area (Å²) in [7, 11) is 3.34. The third-order valence-electron chi connectivity index (χ3n) is 5.41. The van der Waals surface area contributed by atoms with E-state index >= 15 is 0 Å². The van der Waals surface area contributed by atoms with Crippen molar-refractivity contribution in [3.8, 4) is 28.5 Å². The van der Waals surface area contributed by atoms with Crippen molar-refractivity contribution in [3.63, 3.8) is 0 Å². The van der Waals surface area contributed by atoms with E-state index in [1.807, 2.05) is 25.1 Å². The molecule has 158 valence electrons. The highest BCUT2D eigenvalue weighted by Gasteiger charge is 2.18. The molecule has 0 N–H and O–H groups in total. The summed E-state index contributed by atoms with van der Waals surface area (Å²) >= 11 is 0. The first kappa shape index (κ1) is 20.3. The minimum atomic E-state index is 0.675. The molecule has 1 aliphatic rings. The van der Waals surface area contributed by atoms with Crippen LogP contribution >= 0.6 is 0 Å². The Bertz CT molecular complexity index is 982. The molecule has 0 saturated carbocycles. The smallest absolute Gasteiger partial charge is 0.161 e. The molecular weight excluding hydrogens is 378 g/mol. The molecule has 1 aliphatic heterocycles. The minimum absolute atomic E-state index is 0.675. The molecule has 0 unspecified atom stereocenters. The van der Waals surface area contributed by atoms with Crippen LogP contribution < -0.4 is 14.2 Å². The lowest BCUT2D eigenvalue weighted by molar-refractivity contribution is 0.260. The van der Waals surface area contributed by atoms with Crippen molar-refractivity contribution in [1.82, 2.24) is 14.7 Å². The van der Waals surface area contributed by atoms with Gasteiger partial charge in [-0.1, -0.05) is 6.07 Å². The van der Waals surface area contributed by atoms with Crippen LogP contribution in [-0.4, -0.2) is 42.1 Å². The Morgan fingerprint density at radius 2 is 1.73 bits per heavy atom. The monoisotopic (exact) mass is 407 g/mol. The van der Waals surface area contributed by atoms with Gasteiger partial charge in [-0.05, 0) is 61.4 Å². The fourth-order valence-corrected chi connectivity index (χ4v) is 3.93. The van der Waals surface area contributed by atoms with Crippen LogP contribution in [0.4, 0.5) is 0 Å². The van der Waals surface area contributed by atoms with Crippen molar-refractivity contribution in [2.75, 3.05) is 27.4 Å². The molecule has 0 saturated heterocycles. The highest BCUT2D eigenvalue weighted by atomic mass is 16.5. The molecule has 6 nitrogen and oxygen atoms in total. The second kappa shape index (κ2) is 9.22. The van der Waals surface area contributed by atoms with E-state index in [1.165, 1.54) is 11.3 Å². The SMILES string of the molecule is CCOc1ccc(-c2cc3n(n2)CCCN(Cc2ccc(OC)c(OC)c2)C3)cc1. The molecule has 4 rings (SSSR count). The van der Waals surface area contributed by atoms with Gasteiger partial charge in [-0.25, -0.2) is 0 Å². The second-order valence-corrected chi connectivity index (χ2v) is 7.45. The van der Waals surface area contributed by atoms with Gasteiger partial charge in [-0.2, -0.15) is 5.10 Å². The van der Waals surface area contributed by atoms with Crippen LogP contribution in [-0.2, 0) is 19.6 Å². The summed E-state index contributed by atoms with van der Waals surface area (Å²) in [4.78, 5) is 2.46. The molecule has 0 fully saturated rings. The topological polar surface area (TPSA) is 48.8 Å². The standard InChI is InChI=1S/C24H29N3O3/c1-4-30-21-9-7-19(8-10-21)22-15-20-17-26(12-5-13-27(20)25-22)16-18-6-11-23(28-2)24(14-18)29-3/h6-11,14-15H,4-5,12-13,16-17H2,1-3H3. The van der Waals surface area contributed by atoms with E-state index in [0.29, 0.717) is 6.61 Å². The molecule has 0 aliphatic carbocycles. The molecule has 0 bridgehead atoms. The second-order valence-electron chi connectivity index (χ2n) is 7.45. The fraction of sp³-hybridized carbons (Fsp3) is 0.375. The van der Waals surface area contributed by atoms with Gasteiger partial charge in [0.25, 0.3) is 0 Å². The van der Waals surface area contributed by atoms with E-state index in [0.717, 1.165) is 61.1 Å². The number of benzene rings is 2. The summed E-state index contributed by atoms with van der Waals surface area (Å²) in [5.41, 5.74) is 4.59. The zero-order chi connectivity index (χ0) is 20.9. The average Bonchev–Trinajstić information content (AvgIpc) is 3.07. The Hall–Kier alpha value is -2.99. The number of nitrogens with zero attached hydrogens (tertiary/aromatic N) is 3. The van der Waals surface area contributed by atoms with Crippen LogP contribution in [0, 0.1) is 0 Å². The molecule has 0 radical (unpaired) electrons. The van der Waals surface area contributed by atoms with Gasteiger partial charge in [0.1, 0.15) is 5.75 Å². The lowest BCUT2D eigenvalue weighted by atomic mass is 10.1. The molecule has 30 heavy (non-hydrogen) atoms. The van der Waals surface area contributed by atoms with Crippen molar-refractivity contribution in [2.45, 2.75) is 33.0 Å². The Labute approximate surface area is 178 Å². The van der Waals surface area contributed by atoms with Crippen LogP contribution in [0.3, 0.4) is 0 Å². The van der Waals surface area contributed by atoms with Crippen LogP contribution in [0.15, 0.2) is 48.5 Å². The maximum Gasteiger partial charge on any atom is 0.161 e. The van der Waals surface area contributed by atoms with Gasteiger partial charge in [0.05, 0.1) is 32.2 Å². The third-order valence-corrected chi connectivity index (χ3v) is 5.41. The molecular formula is C24H29N3O3. The minimum Gasteiger partial charge on any atom is -0.494 e. The normalized spacial score (nSPS) is 14.1. The number of methoxy groups -OCH3 is 2. The van der Waals surface area contributed by atoms with Gasteiger partial charge in [0, 0.05) is 31.7 Å². The first-order valence-corrected chi connectivity index (χ1v) is 10.4. The maximum absolute atomic E-state index is 5.55. The van der Waals surface area contributed by atoms with E-state index in [9.17, 15) is 0 Å².